The summed E-state index contributed by atoms with van der Waals surface area (Å²) in [6, 6.07) is 5.93. The van der Waals surface area contributed by atoms with E-state index >= 15 is 0 Å². The summed E-state index contributed by atoms with van der Waals surface area (Å²) in [5.74, 6) is 0.300. The van der Waals surface area contributed by atoms with Crippen molar-refractivity contribution >= 4 is 11.8 Å². The molecule has 1 fully saturated rings. The fourth-order valence-electron chi connectivity index (χ4n) is 4.53. The maximum absolute atomic E-state index is 13.3. The van der Waals surface area contributed by atoms with Crippen LogP contribution in [0.25, 0.3) is 0 Å². The van der Waals surface area contributed by atoms with Gasteiger partial charge in [-0.2, -0.15) is 4.98 Å². The molecule has 1 saturated carbocycles. The topological polar surface area (TPSA) is 97.1 Å². The van der Waals surface area contributed by atoms with Crippen LogP contribution in [-0.4, -0.2) is 22.0 Å². The van der Waals surface area contributed by atoms with Gasteiger partial charge in [0.15, 0.2) is 5.82 Å². The van der Waals surface area contributed by atoms with Crippen LogP contribution in [0.4, 0.5) is 4.39 Å². The Morgan fingerprint density at radius 1 is 1.12 bits per heavy atom. The number of hydrogen-bond donors (Lipinski definition) is 2. The Kier molecular flexibility index (Phi) is 7.87. The first-order valence-corrected chi connectivity index (χ1v) is 11.8. The molecule has 0 aliphatic heterocycles. The van der Waals surface area contributed by atoms with Crippen molar-refractivity contribution < 1.29 is 18.5 Å². The molecular formula is C25H35FN4O3. The van der Waals surface area contributed by atoms with Crippen LogP contribution in [0.3, 0.4) is 0 Å². The molecule has 0 radical (unpaired) electrons. The van der Waals surface area contributed by atoms with Crippen LogP contribution in [0.2, 0.25) is 0 Å². The van der Waals surface area contributed by atoms with Crippen molar-refractivity contribution in [3.8, 4) is 0 Å². The number of hydrogen-bond acceptors (Lipinski definition) is 5. The second kappa shape index (κ2) is 10.4. The zero-order valence-corrected chi connectivity index (χ0v) is 20.0. The van der Waals surface area contributed by atoms with Crippen molar-refractivity contribution in [1.29, 1.82) is 0 Å². The molecule has 1 aromatic carbocycles. The van der Waals surface area contributed by atoms with Crippen LogP contribution in [0.1, 0.15) is 96.0 Å². The Morgan fingerprint density at radius 2 is 1.76 bits per heavy atom. The number of nitrogens with zero attached hydrogens (tertiary/aromatic N) is 2. The first kappa shape index (κ1) is 24.9. The first-order valence-electron chi connectivity index (χ1n) is 11.8. The van der Waals surface area contributed by atoms with Crippen molar-refractivity contribution in [3.05, 3.63) is 47.4 Å². The second-order valence-corrected chi connectivity index (χ2v) is 10.1. The third-order valence-electron chi connectivity index (χ3n) is 6.21. The predicted molar refractivity (Wildman–Crippen MR) is 123 cm³/mol. The van der Waals surface area contributed by atoms with E-state index in [2.05, 4.69) is 20.8 Å². The minimum absolute atomic E-state index is 0.114. The van der Waals surface area contributed by atoms with E-state index in [-0.39, 0.29) is 35.5 Å². The number of aryl methyl sites for hydroxylation is 1. The summed E-state index contributed by atoms with van der Waals surface area (Å²) in [6.07, 6.45) is 6.25. The molecule has 2 aromatic rings. The molecule has 1 unspecified atom stereocenters. The molecule has 7 nitrogen and oxygen atoms in total. The molecule has 0 bridgehead atoms. The number of rotatable bonds is 7. The highest BCUT2D eigenvalue weighted by Crippen LogP contribution is 2.35. The van der Waals surface area contributed by atoms with Crippen molar-refractivity contribution in [3.63, 3.8) is 0 Å². The number of amides is 2. The minimum atomic E-state index is -0.605. The van der Waals surface area contributed by atoms with Gasteiger partial charge >= 0.3 is 0 Å². The fraction of sp³-hybridized carbons (Fsp3) is 0.600. The van der Waals surface area contributed by atoms with Gasteiger partial charge in [0.05, 0.1) is 6.04 Å². The monoisotopic (exact) mass is 458 g/mol. The zero-order chi connectivity index (χ0) is 24.1. The summed E-state index contributed by atoms with van der Waals surface area (Å²) in [4.78, 5) is 29.2. The molecule has 3 rings (SSSR count). The van der Waals surface area contributed by atoms with Gasteiger partial charge in [0.2, 0.25) is 17.7 Å². The van der Waals surface area contributed by atoms with Gasteiger partial charge < -0.3 is 15.2 Å². The van der Waals surface area contributed by atoms with E-state index in [1.807, 2.05) is 20.8 Å². The first-order chi connectivity index (χ1) is 15.6. The Morgan fingerprint density at radius 3 is 2.33 bits per heavy atom. The van der Waals surface area contributed by atoms with E-state index in [0.717, 1.165) is 44.1 Å². The maximum Gasteiger partial charge on any atom is 0.227 e. The predicted octanol–water partition coefficient (Wildman–Crippen LogP) is 4.73. The average Bonchev–Trinajstić information content (AvgIpc) is 3.10. The van der Waals surface area contributed by atoms with Gasteiger partial charge in [-0.15, -0.1) is 0 Å². The number of nitrogens with one attached hydrogen (secondary N) is 2. The van der Waals surface area contributed by atoms with Gasteiger partial charge in [-0.25, -0.2) is 4.39 Å². The molecule has 0 spiro atoms. The van der Waals surface area contributed by atoms with Crippen molar-refractivity contribution in [2.24, 2.45) is 5.41 Å². The molecule has 2 N–H and O–H groups in total. The van der Waals surface area contributed by atoms with E-state index in [1.54, 1.807) is 12.1 Å². The summed E-state index contributed by atoms with van der Waals surface area (Å²) in [5, 5.41) is 10.3. The lowest BCUT2D eigenvalue weighted by molar-refractivity contribution is -0.123. The van der Waals surface area contributed by atoms with E-state index in [4.69, 9.17) is 4.52 Å². The number of carbonyl (C=O) groups is 2. The second-order valence-electron chi connectivity index (χ2n) is 10.1. The molecule has 1 aliphatic rings. The zero-order valence-electron chi connectivity index (χ0n) is 20.0. The highest BCUT2D eigenvalue weighted by Gasteiger charge is 2.38. The van der Waals surface area contributed by atoms with Crippen LogP contribution in [0.5, 0.6) is 0 Å². The third kappa shape index (κ3) is 6.62. The summed E-state index contributed by atoms with van der Waals surface area (Å²) in [6.45, 7) is 7.59. The molecule has 0 saturated heterocycles. The summed E-state index contributed by atoms with van der Waals surface area (Å²) in [7, 11) is 0. The van der Waals surface area contributed by atoms with Crippen molar-refractivity contribution in [1.82, 2.24) is 20.8 Å². The Hall–Kier alpha value is -2.77. The number of halogens is 1. The van der Waals surface area contributed by atoms with Crippen LogP contribution in [0.15, 0.2) is 28.8 Å². The molecule has 1 heterocycles. The van der Waals surface area contributed by atoms with E-state index < -0.39 is 5.54 Å². The lowest BCUT2D eigenvalue weighted by Gasteiger charge is -2.32. The summed E-state index contributed by atoms with van der Waals surface area (Å²) < 4.78 is 18.8. The summed E-state index contributed by atoms with van der Waals surface area (Å²) in [5.41, 5.74) is -0.00955. The van der Waals surface area contributed by atoms with Crippen molar-refractivity contribution in [2.45, 2.75) is 90.6 Å². The SMILES string of the molecule is CC(=O)NC1(c2noc(CCC(=O)NC(c3ccc(F)cc3)C(C)(C)C)n2)CCCCCC1. The number of carbonyl (C=O) groups excluding carboxylic acids is 2. The molecule has 33 heavy (non-hydrogen) atoms. The molecular weight excluding hydrogens is 423 g/mol. The van der Waals surface area contributed by atoms with Gasteiger partial charge in [0.25, 0.3) is 0 Å². The normalized spacial score (nSPS) is 17.1. The van der Waals surface area contributed by atoms with E-state index in [0.29, 0.717) is 18.1 Å². The lowest BCUT2D eigenvalue weighted by atomic mass is 9.82. The van der Waals surface area contributed by atoms with Gasteiger partial charge in [0.1, 0.15) is 11.4 Å². The van der Waals surface area contributed by atoms with Gasteiger partial charge in [-0.05, 0) is 36.0 Å². The smallest absolute Gasteiger partial charge is 0.227 e. The van der Waals surface area contributed by atoms with Gasteiger partial charge in [-0.1, -0.05) is 63.7 Å². The lowest BCUT2D eigenvalue weighted by Crippen LogP contribution is -2.45. The van der Waals surface area contributed by atoms with Crippen molar-refractivity contribution in [2.75, 3.05) is 0 Å². The average molecular weight is 459 g/mol. The standard InChI is InChI=1S/C25H35FN4O3/c1-17(31)29-25(15-7-5-6-8-16-25)23-28-21(33-30-23)14-13-20(32)27-22(24(2,3)4)18-9-11-19(26)12-10-18/h9-12,22H,5-8,13-16H2,1-4H3,(H,27,32)(H,29,31). The highest BCUT2D eigenvalue weighted by atomic mass is 19.1. The van der Waals surface area contributed by atoms with Crippen LogP contribution >= 0.6 is 0 Å². The Bertz CT molecular complexity index is 941. The molecule has 2 amide bonds. The van der Waals surface area contributed by atoms with Gasteiger partial charge in [-0.3, -0.25) is 9.59 Å². The summed E-state index contributed by atoms with van der Waals surface area (Å²) >= 11 is 0. The third-order valence-corrected chi connectivity index (χ3v) is 6.21. The molecule has 1 aliphatic carbocycles. The number of benzene rings is 1. The molecule has 1 aromatic heterocycles. The van der Waals surface area contributed by atoms with E-state index in [9.17, 15) is 14.0 Å². The molecule has 180 valence electrons. The van der Waals surface area contributed by atoms with Crippen LogP contribution in [-0.2, 0) is 21.5 Å². The Labute approximate surface area is 194 Å². The largest absolute Gasteiger partial charge is 0.349 e. The minimum Gasteiger partial charge on any atom is -0.349 e. The maximum atomic E-state index is 13.3. The number of aromatic nitrogens is 2. The fourth-order valence-corrected chi connectivity index (χ4v) is 4.53. The quantitative estimate of drug-likeness (QED) is 0.585. The molecule has 1 atom stereocenters. The Balaban J connectivity index is 1.66. The van der Waals surface area contributed by atoms with Crippen LogP contribution < -0.4 is 10.6 Å². The highest BCUT2D eigenvalue weighted by molar-refractivity contribution is 5.76. The van der Waals surface area contributed by atoms with Crippen LogP contribution in [0, 0.1) is 11.2 Å². The van der Waals surface area contributed by atoms with Gasteiger partial charge in [0, 0.05) is 19.8 Å². The van der Waals surface area contributed by atoms with E-state index in [1.165, 1.54) is 19.1 Å². The molecule has 8 heteroatoms.